The van der Waals surface area contributed by atoms with Crippen LogP contribution >= 0.6 is 0 Å². The first-order valence-corrected chi connectivity index (χ1v) is 4.47. The minimum Gasteiger partial charge on any atom is -0.244 e. The third kappa shape index (κ3) is 2.01. The molecule has 15 heavy (non-hydrogen) atoms. The van der Waals surface area contributed by atoms with Gasteiger partial charge in [-0.05, 0) is 5.56 Å². The minimum absolute atomic E-state index is 0.262. The van der Waals surface area contributed by atoms with Gasteiger partial charge in [-0.2, -0.15) is 14.9 Å². The van der Waals surface area contributed by atoms with E-state index in [2.05, 4.69) is 10.2 Å². The predicted octanol–water partition coefficient (Wildman–Crippen LogP) is 0.464. The summed E-state index contributed by atoms with van der Waals surface area (Å²) in [6.07, 6.45) is 2.99. The van der Waals surface area contributed by atoms with Crippen LogP contribution in [-0.2, 0) is 7.05 Å². The van der Waals surface area contributed by atoms with Gasteiger partial charge in [-0.25, -0.2) is 9.48 Å². The smallest absolute Gasteiger partial charge is 0.244 e. The average Bonchev–Trinajstić information content (AvgIpc) is 2.59. The molecule has 0 radical (unpaired) electrons. The monoisotopic (exact) mass is 202 g/mol. The number of aromatic nitrogens is 3. The van der Waals surface area contributed by atoms with Gasteiger partial charge in [0.05, 0.1) is 6.21 Å². The summed E-state index contributed by atoms with van der Waals surface area (Å²) in [6, 6.07) is 9.56. The van der Waals surface area contributed by atoms with Crippen molar-refractivity contribution in [1.82, 2.24) is 14.5 Å². The topological polar surface area (TPSA) is 52.2 Å². The fourth-order valence-corrected chi connectivity index (χ4v) is 1.12. The Bertz CT molecular complexity index is 524. The number of nitrogens with zero attached hydrogens (tertiary/aromatic N) is 4. The molecule has 0 N–H and O–H groups in total. The largest absolute Gasteiger partial charge is 0.366 e. The summed E-state index contributed by atoms with van der Waals surface area (Å²) in [5.74, 6) is 0. The molecule has 0 aliphatic carbocycles. The van der Waals surface area contributed by atoms with E-state index in [9.17, 15) is 4.79 Å². The van der Waals surface area contributed by atoms with Crippen LogP contribution in [0.25, 0.3) is 0 Å². The van der Waals surface area contributed by atoms with E-state index in [1.54, 1.807) is 13.3 Å². The zero-order chi connectivity index (χ0) is 10.7. The van der Waals surface area contributed by atoms with Gasteiger partial charge >= 0.3 is 5.69 Å². The van der Waals surface area contributed by atoms with Crippen LogP contribution in [-0.4, -0.2) is 20.7 Å². The fourth-order valence-electron chi connectivity index (χ4n) is 1.12. The molecule has 0 saturated heterocycles. The molecule has 0 unspecified atom stereocenters. The van der Waals surface area contributed by atoms with Crippen molar-refractivity contribution in [2.75, 3.05) is 0 Å². The van der Waals surface area contributed by atoms with Crippen molar-refractivity contribution in [3.05, 3.63) is 52.7 Å². The van der Waals surface area contributed by atoms with Crippen LogP contribution in [0.3, 0.4) is 0 Å². The number of hydrogen-bond acceptors (Lipinski definition) is 3. The van der Waals surface area contributed by atoms with Crippen molar-refractivity contribution in [2.24, 2.45) is 12.1 Å². The third-order valence-electron chi connectivity index (χ3n) is 1.94. The number of aryl methyl sites for hydroxylation is 1. The SMILES string of the molecule is Cn1ncn(/N=C/c2ccccc2)c1=O. The Labute approximate surface area is 86.3 Å². The van der Waals surface area contributed by atoms with Crippen LogP contribution in [0.1, 0.15) is 5.56 Å². The molecular weight excluding hydrogens is 192 g/mol. The summed E-state index contributed by atoms with van der Waals surface area (Å²) in [7, 11) is 1.58. The van der Waals surface area contributed by atoms with Crippen molar-refractivity contribution < 1.29 is 0 Å². The first-order valence-electron chi connectivity index (χ1n) is 4.47. The Morgan fingerprint density at radius 3 is 2.67 bits per heavy atom. The molecule has 0 saturated carbocycles. The molecule has 1 aromatic carbocycles. The predicted molar refractivity (Wildman–Crippen MR) is 56.9 cm³/mol. The quantitative estimate of drug-likeness (QED) is 0.664. The van der Waals surface area contributed by atoms with Crippen molar-refractivity contribution in [3.8, 4) is 0 Å². The van der Waals surface area contributed by atoms with E-state index < -0.39 is 0 Å². The van der Waals surface area contributed by atoms with Crippen molar-refractivity contribution in [2.45, 2.75) is 0 Å². The molecule has 0 aliphatic heterocycles. The molecule has 0 bridgehead atoms. The maximum Gasteiger partial charge on any atom is 0.366 e. The van der Waals surface area contributed by atoms with Crippen molar-refractivity contribution in [3.63, 3.8) is 0 Å². The van der Waals surface area contributed by atoms with E-state index in [0.29, 0.717) is 0 Å². The molecule has 1 aromatic heterocycles. The molecular formula is C10H10N4O. The van der Waals surface area contributed by atoms with Crippen LogP contribution in [0.5, 0.6) is 0 Å². The molecule has 76 valence electrons. The number of rotatable bonds is 2. The Hall–Kier alpha value is -2.17. The van der Waals surface area contributed by atoms with E-state index in [0.717, 1.165) is 5.56 Å². The van der Waals surface area contributed by atoms with Gasteiger partial charge in [-0.1, -0.05) is 30.3 Å². The Morgan fingerprint density at radius 1 is 1.33 bits per heavy atom. The average molecular weight is 202 g/mol. The van der Waals surface area contributed by atoms with Gasteiger partial charge in [-0.3, -0.25) is 0 Å². The second-order valence-corrected chi connectivity index (χ2v) is 3.04. The Balaban J connectivity index is 2.27. The van der Waals surface area contributed by atoms with Crippen LogP contribution in [0.15, 0.2) is 46.6 Å². The van der Waals surface area contributed by atoms with Crippen LogP contribution < -0.4 is 5.69 Å². The van der Waals surface area contributed by atoms with E-state index in [1.807, 2.05) is 30.3 Å². The third-order valence-corrected chi connectivity index (χ3v) is 1.94. The lowest BCUT2D eigenvalue weighted by Gasteiger charge is -1.90. The first-order chi connectivity index (χ1) is 7.27. The van der Waals surface area contributed by atoms with E-state index in [1.165, 1.54) is 15.7 Å². The first kappa shape index (κ1) is 9.39. The summed E-state index contributed by atoms with van der Waals surface area (Å²) in [5.41, 5.74) is 0.676. The molecule has 5 heteroatoms. The highest BCUT2D eigenvalue weighted by molar-refractivity contribution is 5.79. The molecule has 0 aliphatic rings. The normalized spacial score (nSPS) is 11.0. The molecule has 2 aromatic rings. The zero-order valence-electron chi connectivity index (χ0n) is 8.24. The highest BCUT2D eigenvalue weighted by Crippen LogP contribution is 1.93. The van der Waals surface area contributed by atoms with Gasteiger partial charge < -0.3 is 0 Å². The summed E-state index contributed by atoms with van der Waals surface area (Å²) in [6.45, 7) is 0. The van der Waals surface area contributed by atoms with Gasteiger partial charge in [0.2, 0.25) is 0 Å². The van der Waals surface area contributed by atoms with Crippen molar-refractivity contribution in [1.29, 1.82) is 0 Å². The van der Waals surface area contributed by atoms with E-state index in [4.69, 9.17) is 0 Å². The summed E-state index contributed by atoms with van der Waals surface area (Å²) in [5, 5.41) is 7.77. The molecule has 0 fully saturated rings. The number of benzene rings is 1. The standard InChI is InChI=1S/C10H10N4O/c1-13-10(15)14(8-12-13)11-7-9-5-3-2-4-6-9/h2-8H,1H3/b11-7+. The highest BCUT2D eigenvalue weighted by atomic mass is 16.2. The van der Waals surface area contributed by atoms with Gasteiger partial charge in [0, 0.05) is 7.05 Å². The van der Waals surface area contributed by atoms with Gasteiger partial charge in [0.1, 0.15) is 6.33 Å². The van der Waals surface area contributed by atoms with Crippen molar-refractivity contribution >= 4 is 6.21 Å². The van der Waals surface area contributed by atoms with Gasteiger partial charge in [-0.15, -0.1) is 0 Å². The maximum absolute atomic E-state index is 11.3. The molecule has 5 nitrogen and oxygen atoms in total. The van der Waals surface area contributed by atoms with Gasteiger partial charge in [0.25, 0.3) is 0 Å². The fraction of sp³-hybridized carbons (Fsp3) is 0.100. The van der Waals surface area contributed by atoms with Gasteiger partial charge in [0.15, 0.2) is 0 Å². The second-order valence-electron chi connectivity index (χ2n) is 3.04. The lowest BCUT2D eigenvalue weighted by molar-refractivity contribution is 0.709. The molecule has 2 rings (SSSR count). The minimum atomic E-state index is -0.262. The molecule has 0 spiro atoms. The highest BCUT2D eigenvalue weighted by Gasteiger charge is 1.96. The van der Waals surface area contributed by atoms with Crippen LogP contribution in [0.4, 0.5) is 0 Å². The van der Waals surface area contributed by atoms with Crippen LogP contribution in [0, 0.1) is 0 Å². The van der Waals surface area contributed by atoms with E-state index in [-0.39, 0.29) is 5.69 Å². The second kappa shape index (κ2) is 3.91. The molecule has 1 heterocycles. The Kier molecular flexibility index (Phi) is 2.45. The molecule has 0 amide bonds. The maximum atomic E-state index is 11.3. The summed E-state index contributed by atoms with van der Waals surface area (Å²) >= 11 is 0. The zero-order valence-corrected chi connectivity index (χ0v) is 8.24. The summed E-state index contributed by atoms with van der Waals surface area (Å²) in [4.78, 5) is 11.3. The lowest BCUT2D eigenvalue weighted by atomic mass is 10.2. The lowest BCUT2D eigenvalue weighted by Crippen LogP contribution is -2.19. The summed E-state index contributed by atoms with van der Waals surface area (Å²) < 4.78 is 2.41. The van der Waals surface area contributed by atoms with Crippen LogP contribution in [0.2, 0.25) is 0 Å². The Morgan fingerprint density at radius 2 is 2.07 bits per heavy atom. The number of hydrogen-bond donors (Lipinski definition) is 0. The molecule has 0 atom stereocenters. The van der Waals surface area contributed by atoms with E-state index >= 15 is 0 Å².